The lowest BCUT2D eigenvalue weighted by molar-refractivity contribution is 0.0336. The van der Waals surface area contributed by atoms with Gasteiger partial charge in [0.2, 0.25) is 0 Å². The first-order valence-electron chi connectivity index (χ1n) is 6.32. The van der Waals surface area contributed by atoms with Gasteiger partial charge < -0.3 is 15.8 Å². The van der Waals surface area contributed by atoms with Crippen LogP contribution in [0.4, 0.5) is 4.79 Å². The monoisotopic (exact) mass is 242 g/mol. The molecule has 0 aromatic heterocycles. The van der Waals surface area contributed by atoms with Crippen molar-refractivity contribution in [2.24, 2.45) is 17.1 Å². The molecule has 1 amide bonds. The predicted octanol–water partition coefficient (Wildman–Crippen LogP) is 2.27. The van der Waals surface area contributed by atoms with E-state index >= 15 is 0 Å². The molecule has 4 nitrogen and oxygen atoms in total. The van der Waals surface area contributed by atoms with Gasteiger partial charge in [0.1, 0.15) is 5.60 Å². The molecular weight excluding hydrogens is 216 g/mol. The molecule has 4 heteroatoms. The number of nitrogens with two attached hydrogens (primary N) is 1. The van der Waals surface area contributed by atoms with Gasteiger partial charge in [-0.25, -0.2) is 4.79 Å². The van der Waals surface area contributed by atoms with Crippen LogP contribution in [0, 0.1) is 11.3 Å². The van der Waals surface area contributed by atoms with Crippen LogP contribution in [0.5, 0.6) is 0 Å². The molecule has 17 heavy (non-hydrogen) atoms. The zero-order chi connectivity index (χ0) is 13.3. The summed E-state index contributed by atoms with van der Waals surface area (Å²) in [6, 6.07) is 0.0397. The van der Waals surface area contributed by atoms with Crippen molar-refractivity contribution in [3.8, 4) is 0 Å². The van der Waals surface area contributed by atoms with E-state index in [0.29, 0.717) is 17.9 Å². The van der Waals surface area contributed by atoms with Crippen LogP contribution in [0.2, 0.25) is 0 Å². The van der Waals surface area contributed by atoms with E-state index in [9.17, 15) is 4.79 Å². The molecule has 1 saturated carbocycles. The minimum Gasteiger partial charge on any atom is -0.444 e. The Kier molecular flexibility index (Phi) is 4.07. The van der Waals surface area contributed by atoms with Crippen LogP contribution in [0.1, 0.15) is 47.5 Å². The van der Waals surface area contributed by atoms with Gasteiger partial charge in [0.05, 0.1) is 0 Å². The van der Waals surface area contributed by atoms with E-state index in [0.717, 1.165) is 12.8 Å². The van der Waals surface area contributed by atoms with Gasteiger partial charge in [-0.1, -0.05) is 13.8 Å². The quantitative estimate of drug-likeness (QED) is 0.798. The molecule has 0 bridgehead atoms. The van der Waals surface area contributed by atoms with E-state index in [4.69, 9.17) is 10.5 Å². The number of ether oxygens (including phenoxy) is 1. The smallest absolute Gasteiger partial charge is 0.407 e. The van der Waals surface area contributed by atoms with Crippen molar-refractivity contribution in [3.63, 3.8) is 0 Å². The molecular formula is C13H26N2O2. The first-order chi connectivity index (χ1) is 7.63. The number of hydrogen-bond donors (Lipinski definition) is 2. The molecule has 0 aliphatic heterocycles. The van der Waals surface area contributed by atoms with E-state index in [-0.39, 0.29) is 12.1 Å². The molecule has 0 aromatic rings. The van der Waals surface area contributed by atoms with Crippen LogP contribution in [0.3, 0.4) is 0 Å². The average molecular weight is 242 g/mol. The fraction of sp³-hybridized carbons (Fsp3) is 0.923. The van der Waals surface area contributed by atoms with Crippen LogP contribution in [-0.4, -0.2) is 24.3 Å². The molecule has 0 heterocycles. The van der Waals surface area contributed by atoms with Crippen molar-refractivity contribution >= 4 is 6.09 Å². The second-order valence-electron chi connectivity index (χ2n) is 6.82. The van der Waals surface area contributed by atoms with Gasteiger partial charge in [-0.05, 0) is 44.9 Å². The van der Waals surface area contributed by atoms with Crippen LogP contribution in [-0.2, 0) is 4.74 Å². The van der Waals surface area contributed by atoms with Crippen LogP contribution < -0.4 is 11.1 Å². The molecule has 1 rings (SSSR count). The van der Waals surface area contributed by atoms with Gasteiger partial charge in [-0.3, -0.25) is 0 Å². The molecule has 3 N–H and O–H groups in total. The van der Waals surface area contributed by atoms with Gasteiger partial charge in [-0.2, -0.15) is 0 Å². The Labute approximate surface area is 104 Å². The summed E-state index contributed by atoms with van der Waals surface area (Å²) in [5.41, 5.74) is 5.65. The highest BCUT2D eigenvalue weighted by molar-refractivity contribution is 5.68. The summed E-state index contributed by atoms with van der Waals surface area (Å²) in [5, 5.41) is 2.88. The maximum absolute atomic E-state index is 11.6. The highest BCUT2D eigenvalue weighted by atomic mass is 16.6. The van der Waals surface area contributed by atoms with Crippen LogP contribution in [0.25, 0.3) is 0 Å². The molecule has 1 unspecified atom stereocenters. The summed E-state index contributed by atoms with van der Waals surface area (Å²) in [5.74, 6) is 0.488. The molecule has 100 valence electrons. The zero-order valence-corrected chi connectivity index (χ0v) is 11.7. The normalized spacial score (nSPS) is 21.5. The first-order valence-corrected chi connectivity index (χ1v) is 6.32. The summed E-state index contributed by atoms with van der Waals surface area (Å²) in [4.78, 5) is 11.6. The maximum Gasteiger partial charge on any atom is 0.407 e. The SMILES string of the molecule is CC1(C)CC(C(CN)NC(=O)OC(C)(C)C)C1. The van der Waals surface area contributed by atoms with Crippen molar-refractivity contribution in [1.82, 2.24) is 5.32 Å². The molecule has 0 radical (unpaired) electrons. The van der Waals surface area contributed by atoms with E-state index < -0.39 is 5.60 Å². The molecule has 0 spiro atoms. The third-order valence-electron chi connectivity index (χ3n) is 3.15. The molecule has 0 saturated heterocycles. The van der Waals surface area contributed by atoms with Crippen molar-refractivity contribution in [1.29, 1.82) is 0 Å². The Morgan fingerprint density at radius 3 is 2.35 bits per heavy atom. The lowest BCUT2D eigenvalue weighted by Gasteiger charge is -2.46. The van der Waals surface area contributed by atoms with Crippen LogP contribution in [0.15, 0.2) is 0 Å². The van der Waals surface area contributed by atoms with Crippen molar-refractivity contribution in [2.45, 2.75) is 59.1 Å². The Morgan fingerprint density at radius 2 is 2.00 bits per heavy atom. The number of alkyl carbamates (subject to hydrolysis) is 1. The van der Waals surface area contributed by atoms with E-state index in [1.165, 1.54) is 0 Å². The minimum absolute atomic E-state index is 0.0397. The second kappa shape index (κ2) is 4.84. The fourth-order valence-corrected chi connectivity index (χ4v) is 2.47. The molecule has 1 aliphatic rings. The van der Waals surface area contributed by atoms with Crippen LogP contribution >= 0.6 is 0 Å². The largest absolute Gasteiger partial charge is 0.444 e. The number of rotatable bonds is 3. The first kappa shape index (κ1) is 14.3. The molecule has 1 aliphatic carbocycles. The number of amides is 1. The summed E-state index contributed by atoms with van der Waals surface area (Å²) in [7, 11) is 0. The molecule has 0 aromatic carbocycles. The fourth-order valence-electron chi connectivity index (χ4n) is 2.47. The second-order valence-corrected chi connectivity index (χ2v) is 6.82. The predicted molar refractivity (Wildman–Crippen MR) is 68.7 cm³/mol. The average Bonchev–Trinajstić information content (AvgIpc) is 2.07. The Balaban J connectivity index is 2.40. The standard InChI is InChI=1S/C13H26N2O2/c1-12(2,3)17-11(16)15-10(8-14)9-6-13(4,5)7-9/h9-10H,6-8,14H2,1-5H3,(H,15,16). The van der Waals surface area contributed by atoms with E-state index in [2.05, 4.69) is 19.2 Å². The topological polar surface area (TPSA) is 64.3 Å². The Hall–Kier alpha value is -0.770. The zero-order valence-electron chi connectivity index (χ0n) is 11.7. The highest BCUT2D eigenvalue weighted by Gasteiger charge is 2.40. The van der Waals surface area contributed by atoms with Gasteiger partial charge >= 0.3 is 6.09 Å². The summed E-state index contributed by atoms with van der Waals surface area (Å²) in [6.07, 6.45) is 1.87. The van der Waals surface area contributed by atoms with Gasteiger partial charge in [0, 0.05) is 12.6 Å². The number of carbonyl (C=O) groups excluding carboxylic acids is 1. The van der Waals surface area contributed by atoms with E-state index in [1.54, 1.807) is 0 Å². The van der Waals surface area contributed by atoms with E-state index in [1.807, 2.05) is 20.8 Å². The minimum atomic E-state index is -0.456. The summed E-state index contributed by atoms with van der Waals surface area (Å²) in [6.45, 7) is 10.5. The molecule has 1 atom stereocenters. The van der Waals surface area contributed by atoms with Gasteiger partial charge in [0.25, 0.3) is 0 Å². The third kappa shape index (κ3) is 4.54. The lowest BCUT2D eigenvalue weighted by Crippen LogP contribution is -2.52. The summed E-state index contributed by atoms with van der Waals surface area (Å²) < 4.78 is 5.24. The Bertz CT molecular complexity index is 274. The maximum atomic E-state index is 11.6. The number of carbonyl (C=O) groups is 1. The number of hydrogen-bond acceptors (Lipinski definition) is 3. The Morgan fingerprint density at radius 1 is 1.47 bits per heavy atom. The summed E-state index contributed by atoms with van der Waals surface area (Å²) >= 11 is 0. The number of nitrogens with one attached hydrogen (secondary N) is 1. The van der Waals surface area contributed by atoms with Crippen molar-refractivity contribution in [3.05, 3.63) is 0 Å². The van der Waals surface area contributed by atoms with Gasteiger partial charge in [0.15, 0.2) is 0 Å². The third-order valence-corrected chi connectivity index (χ3v) is 3.15. The lowest BCUT2D eigenvalue weighted by atomic mass is 9.62. The highest BCUT2D eigenvalue weighted by Crippen LogP contribution is 2.46. The molecule has 1 fully saturated rings. The van der Waals surface area contributed by atoms with Gasteiger partial charge in [-0.15, -0.1) is 0 Å². The van der Waals surface area contributed by atoms with Crippen molar-refractivity contribution < 1.29 is 9.53 Å². The van der Waals surface area contributed by atoms with Crippen molar-refractivity contribution in [2.75, 3.05) is 6.54 Å².